The standard InChI is InChI=1S/C5H4F2N2O2/c6-5(7)9-2-1-8-3(9)4(10)11/h1-2,5H,(H,10,11)/p-1. The van der Waals surface area contributed by atoms with E-state index < -0.39 is 18.3 Å². The van der Waals surface area contributed by atoms with Crippen molar-refractivity contribution < 1.29 is 18.7 Å². The van der Waals surface area contributed by atoms with Gasteiger partial charge in [0.2, 0.25) is 0 Å². The fourth-order valence-corrected chi connectivity index (χ4v) is 0.629. The number of imidazole rings is 1. The van der Waals surface area contributed by atoms with Crippen molar-refractivity contribution >= 4 is 5.97 Å². The number of halogens is 2. The van der Waals surface area contributed by atoms with Crippen LogP contribution >= 0.6 is 0 Å². The minimum Gasteiger partial charge on any atom is -0.542 e. The Balaban J connectivity index is 3.06. The molecule has 1 rings (SSSR count). The van der Waals surface area contributed by atoms with Gasteiger partial charge in [0.15, 0.2) is 5.82 Å². The fraction of sp³-hybridized carbons (Fsp3) is 0.200. The zero-order valence-electron chi connectivity index (χ0n) is 5.20. The van der Waals surface area contributed by atoms with Crippen LogP contribution in [0.15, 0.2) is 12.4 Å². The number of carboxylic acids is 1. The highest BCUT2D eigenvalue weighted by Gasteiger charge is 2.10. The van der Waals surface area contributed by atoms with Gasteiger partial charge in [0.1, 0.15) is 5.97 Å². The zero-order valence-corrected chi connectivity index (χ0v) is 5.20. The highest BCUT2D eigenvalue weighted by molar-refractivity contribution is 5.81. The Kier molecular flexibility index (Phi) is 1.84. The van der Waals surface area contributed by atoms with Crippen molar-refractivity contribution in [3.63, 3.8) is 0 Å². The van der Waals surface area contributed by atoms with Crippen LogP contribution in [-0.2, 0) is 0 Å². The second-order valence-corrected chi connectivity index (χ2v) is 1.72. The maximum atomic E-state index is 11.9. The van der Waals surface area contributed by atoms with E-state index >= 15 is 0 Å². The first kappa shape index (κ1) is 7.64. The molecule has 0 aliphatic heterocycles. The average Bonchev–Trinajstić information content (AvgIpc) is 2.32. The number of nitrogens with zero attached hydrogens (tertiary/aromatic N) is 2. The molecular weight excluding hydrogens is 158 g/mol. The molecule has 0 aromatic carbocycles. The fourth-order valence-electron chi connectivity index (χ4n) is 0.629. The quantitative estimate of drug-likeness (QED) is 0.595. The van der Waals surface area contributed by atoms with E-state index in [0.717, 1.165) is 12.4 Å². The summed E-state index contributed by atoms with van der Waals surface area (Å²) >= 11 is 0. The number of carbonyl (C=O) groups is 1. The monoisotopic (exact) mass is 161 g/mol. The highest BCUT2D eigenvalue weighted by atomic mass is 19.3. The van der Waals surface area contributed by atoms with Gasteiger partial charge in [0.05, 0.1) is 0 Å². The molecule has 0 unspecified atom stereocenters. The molecule has 0 N–H and O–H groups in total. The lowest BCUT2D eigenvalue weighted by Crippen LogP contribution is -2.26. The molecule has 11 heavy (non-hydrogen) atoms. The van der Waals surface area contributed by atoms with Crippen molar-refractivity contribution in [2.45, 2.75) is 6.55 Å². The summed E-state index contributed by atoms with van der Waals surface area (Å²) in [6.45, 7) is -2.90. The molecule has 60 valence electrons. The van der Waals surface area contributed by atoms with E-state index in [4.69, 9.17) is 0 Å². The Hall–Kier alpha value is -1.46. The van der Waals surface area contributed by atoms with Crippen LogP contribution in [0.5, 0.6) is 0 Å². The number of carbonyl (C=O) groups excluding carboxylic acids is 1. The van der Waals surface area contributed by atoms with Gasteiger partial charge in [-0.15, -0.1) is 0 Å². The van der Waals surface area contributed by atoms with Gasteiger partial charge in [0.25, 0.3) is 0 Å². The second-order valence-electron chi connectivity index (χ2n) is 1.72. The maximum absolute atomic E-state index is 11.9. The summed E-state index contributed by atoms with van der Waals surface area (Å²) in [7, 11) is 0. The van der Waals surface area contributed by atoms with Gasteiger partial charge in [-0.05, 0) is 0 Å². The summed E-state index contributed by atoms with van der Waals surface area (Å²) in [4.78, 5) is 13.2. The third-order valence-electron chi connectivity index (χ3n) is 1.06. The van der Waals surface area contributed by atoms with E-state index in [0.29, 0.717) is 0 Å². The van der Waals surface area contributed by atoms with Crippen LogP contribution in [0.2, 0.25) is 0 Å². The molecule has 0 amide bonds. The summed E-state index contributed by atoms with van der Waals surface area (Å²) in [5.74, 6) is -2.48. The molecule has 0 fully saturated rings. The van der Waals surface area contributed by atoms with Crippen molar-refractivity contribution in [3.05, 3.63) is 18.2 Å². The van der Waals surface area contributed by atoms with Gasteiger partial charge < -0.3 is 9.90 Å². The largest absolute Gasteiger partial charge is 0.542 e. The predicted octanol–water partition coefficient (Wildman–Crippen LogP) is -0.358. The number of alkyl halides is 2. The Morgan fingerprint density at radius 3 is 2.73 bits per heavy atom. The molecule has 0 aliphatic carbocycles. The summed E-state index contributed by atoms with van der Waals surface area (Å²) in [6, 6.07) is 0. The van der Waals surface area contributed by atoms with E-state index in [9.17, 15) is 18.7 Å². The lowest BCUT2D eigenvalue weighted by atomic mass is 10.6. The summed E-state index contributed by atoms with van der Waals surface area (Å²) in [6.07, 6.45) is 1.84. The first-order valence-electron chi connectivity index (χ1n) is 2.65. The van der Waals surface area contributed by atoms with Gasteiger partial charge in [-0.2, -0.15) is 8.78 Å². The van der Waals surface area contributed by atoms with Crippen molar-refractivity contribution in [1.29, 1.82) is 0 Å². The third-order valence-corrected chi connectivity index (χ3v) is 1.06. The van der Waals surface area contributed by atoms with Crippen molar-refractivity contribution in [2.24, 2.45) is 0 Å². The first-order valence-corrected chi connectivity index (χ1v) is 2.65. The van der Waals surface area contributed by atoms with Crippen LogP contribution in [0, 0.1) is 0 Å². The lowest BCUT2D eigenvalue weighted by molar-refractivity contribution is -0.256. The molecule has 0 aliphatic rings. The molecule has 4 nitrogen and oxygen atoms in total. The van der Waals surface area contributed by atoms with Gasteiger partial charge in [-0.1, -0.05) is 0 Å². The molecule has 0 radical (unpaired) electrons. The van der Waals surface area contributed by atoms with E-state index in [-0.39, 0.29) is 4.57 Å². The number of hydrogen-bond acceptors (Lipinski definition) is 3. The third kappa shape index (κ3) is 1.34. The van der Waals surface area contributed by atoms with E-state index in [1.807, 2.05) is 0 Å². The van der Waals surface area contributed by atoms with Crippen LogP contribution in [0.3, 0.4) is 0 Å². The van der Waals surface area contributed by atoms with Crippen molar-refractivity contribution in [1.82, 2.24) is 9.55 Å². The van der Waals surface area contributed by atoms with Gasteiger partial charge in [0, 0.05) is 12.4 Å². The van der Waals surface area contributed by atoms with Crippen molar-refractivity contribution in [2.75, 3.05) is 0 Å². The maximum Gasteiger partial charge on any atom is 0.320 e. The Bertz CT molecular complexity index is 271. The molecule has 0 atom stereocenters. The molecule has 0 bridgehead atoms. The minimum atomic E-state index is -2.90. The van der Waals surface area contributed by atoms with Crippen LogP contribution in [-0.4, -0.2) is 15.5 Å². The van der Waals surface area contributed by atoms with Crippen LogP contribution in [0.1, 0.15) is 17.2 Å². The number of aromatic nitrogens is 2. The van der Waals surface area contributed by atoms with Gasteiger partial charge in [-0.3, -0.25) is 4.57 Å². The molecular formula is C5H3F2N2O2-. The molecule has 1 heterocycles. The molecule has 1 aromatic heterocycles. The van der Waals surface area contributed by atoms with E-state index in [2.05, 4.69) is 4.98 Å². The molecule has 0 spiro atoms. The van der Waals surface area contributed by atoms with Crippen LogP contribution < -0.4 is 5.11 Å². The zero-order chi connectivity index (χ0) is 8.43. The highest BCUT2D eigenvalue weighted by Crippen LogP contribution is 2.11. The van der Waals surface area contributed by atoms with E-state index in [1.165, 1.54) is 0 Å². The van der Waals surface area contributed by atoms with Crippen molar-refractivity contribution in [3.8, 4) is 0 Å². The normalized spacial score (nSPS) is 10.5. The predicted molar refractivity (Wildman–Crippen MR) is 27.8 cm³/mol. The summed E-state index contributed by atoms with van der Waals surface area (Å²) in [5.41, 5.74) is 0. The SMILES string of the molecule is O=C([O-])c1nccn1C(F)F. The first-order chi connectivity index (χ1) is 5.13. The van der Waals surface area contributed by atoms with Crippen LogP contribution in [0.25, 0.3) is 0 Å². The second kappa shape index (κ2) is 2.65. The number of aromatic carboxylic acids is 1. The number of carboxylic acid groups (broad SMARTS) is 1. The van der Waals surface area contributed by atoms with Crippen LogP contribution in [0.4, 0.5) is 8.78 Å². The molecule has 0 saturated carbocycles. The number of rotatable bonds is 2. The minimum absolute atomic E-state index is 0.218. The summed E-state index contributed by atoms with van der Waals surface area (Å²) < 4.78 is 23.9. The topological polar surface area (TPSA) is 57.9 Å². The lowest BCUT2D eigenvalue weighted by Gasteiger charge is -2.05. The number of hydrogen-bond donors (Lipinski definition) is 0. The Labute approximate surface area is 60.1 Å². The Morgan fingerprint density at radius 2 is 2.36 bits per heavy atom. The van der Waals surface area contributed by atoms with E-state index in [1.54, 1.807) is 0 Å². The molecule has 0 saturated heterocycles. The molecule has 1 aromatic rings. The van der Waals surface area contributed by atoms with Gasteiger partial charge >= 0.3 is 6.55 Å². The average molecular weight is 161 g/mol. The van der Waals surface area contributed by atoms with Gasteiger partial charge in [-0.25, -0.2) is 4.98 Å². The molecule has 6 heteroatoms. The summed E-state index contributed by atoms with van der Waals surface area (Å²) in [5, 5.41) is 10.1. The smallest absolute Gasteiger partial charge is 0.320 e. The Morgan fingerprint density at radius 1 is 1.73 bits per heavy atom.